The number of carboxylic acids is 2. The fourth-order valence-corrected chi connectivity index (χ4v) is 5.96. The maximum Gasteiger partial charge on any atom is 0.327 e. The zero-order chi connectivity index (χ0) is 30.6. The van der Waals surface area contributed by atoms with Crippen LogP contribution in [-0.4, -0.2) is 45.8 Å². The molecule has 0 saturated heterocycles. The number of aliphatic hydroxyl groups excluding tert-OH is 1. The van der Waals surface area contributed by atoms with Crippen molar-refractivity contribution in [2.24, 2.45) is 5.41 Å². The van der Waals surface area contributed by atoms with Gasteiger partial charge in [0.25, 0.3) is 0 Å². The summed E-state index contributed by atoms with van der Waals surface area (Å²) in [6.07, 6.45) is 28.0. The van der Waals surface area contributed by atoms with Gasteiger partial charge in [-0.3, -0.25) is 9.59 Å². The van der Waals surface area contributed by atoms with E-state index in [1.807, 2.05) is 0 Å². The molecule has 0 aromatic heterocycles. The molecular formula is C34H65NO6. The third-order valence-electron chi connectivity index (χ3n) is 8.63. The van der Waals surface area contributed by atoms with E-state index in [2.05, 4.69) is 19.2 Å². The molecule has 242 valence electrons. The van der Waals surface area contributed by atoms with Crippen molar-refractivity contribution in [3.63, 3.8) is 0 Å². The van der Waals surface area contributed by atoms with Crippen molar-refractivity contribution in [2.45, 2.75) is 187 Å². The lowest BCUT2D eigenvalue weighted by Crippen LogP contribution is -2.56. The lowest BCUT2D eigenvalue weighted by atomic mass is 9.71. The van der Waals surface area contributed by atoms with Gasteiger partial charge in [-0.25, -0.2) is 4.79 Å². The number of hydrogen-bond donors (Lipinski definition) is 4. The monoisotopic (exact) mass is 583 g/mol. The topological polar surface area (TPSA) is 124 Å². The first kappa shape index (κ1) is 39.4. The van der Waals surface area contributed by atoms with E-state index < -0.39 is 35.9 Å². The van der Waals surface area contributed by atoms with Crippen LogP contribution in [0.1, 0.15) is 181 Å². The predicted molar refractivity (Wildman–Crippen MR) is 168 cm³/mol. The van der Waals surface area contributed by atoms with Crippen molar-refractivity contribution in [2.75, 3.05) is 6.61 Å². The summed E-state index contributed by atoms with van der Waals surface area (Å²) in [5.41, 5.74) is -1.58. The van der Waals surface area contributed by atoms with Crippen LogP contribution in [0.4, 0.5) is 0 Å². The molecule has 0 aromatic carbocycles. The minimum Gasteiger partial charge on any atom is -0.481 e. The smallest absolute Gasteiger partial charge is 0.327 e. The number of rotatable bonds is 31. The van der Waals surface area contributed by atoms with Gasteiger partial charge in [0, 0.05) is 0 Å². The lowest BCUT2D eigenvalue weighted by molar-refractivity contribution is -0.161. The Hall–Kier alpha value is -1.63. The van der Waals surface area contributed by atoms with Crippen molar-refractivity contribution >= 4 is 17.8 Å². The molecule has 7 nitrogen and oxygen atoms in total. The van der Waals surface area contributed by atoms with E-state index in [1.54, 1.807) is 0 Å². The number of carbonyl (C=O) groups excluding carboxylic acids is 1. The van der Waals surface area contributed by atoms with E-state index in [0.717, 1.165) is 38.5 Å². The van der Waals surface area contributed by atoms with Crippen molar-refractivity contribution < 1.29 is 29.7 Å². The van der Waals surface area contributed by atoms with Gasteiger partial charge in [-0.05, 0) is 12.8 Å². The number of nitrogens with one attached hydrogen (secondary N) is 1. The fourth-order valence-electron chi connectivity index (χ4n) is 5.96. The van der Waals surface area contributed by atoms with E-state index >= 15 is 0 Å². The van der Waals surface area contributed by atoms with Crippen LogP contribution in [0.15, 0.2) is 0 Å². The molecule has 0 radical (unpaired) electrons. The highest BCUT2D eigenvalue weighted by Gasteiger charge is 2.49. The number of amides is 1. The summed E-state index contributed by atoms with van der Waals surface area (Å²) in [7, 11) is 0. The second-order valence-electron chi connectivity index (χ2n) is 12.2. The van der Waals surface area contributed by atoms with Crippen LogP contribution in [0.3, 0.4) is 0 Å². The Morgan fingerprint density at radius 1 is 0.537 bits per heavy atom. The number of aliphatic hydroxyl groups is 1. The maximum absolute atomic E-state index is 12.6. The number of carbonyl (C=O) groups is 3. The third kappa shape index (κ3) is 20.0. The zero-order valence-corrected chi connectivity index (χ0v) is 26.7. The normalized spacial score (nSPS) is 12.4. The third-order valence-corrected chi connectivity index (χ3v) is 8.63. The molecule has 4 N–H and O–H groups in total. The minimum atomic E-state index is -1.58. The second-order valence-corrected chi connectivity index (χ2v) is 12.2. The second kappa shape index (κ2) is 27.2. The molecule has 0 saturated carbocycles. The molecule has 0 bridgehead atoms. The molecule has 0 aromatic rings. The molecule has 0 spiro atoms. The van der Waals surface area contributed by atoms with Gasteiger partial charge in [-0.15, -0.1) is 0 Å². The summed E-state index contributed by atoms with van der Waals surface area (Å²) in [5, 5.41) is 31.7. The first-order valence-electron chi connectivity index (χ1n) is 17.2. The van der Waals surface area contributed by atoms with Gasteiger partial charge in [0.05, 0.1) is 5.41 Å². The highest BCUT2D eigenvalue weighted by molar-refractivity contribution is 5.90. The van der Waals surface area contributed by atoms with Crippen LogP contribution in [0.25, 0.3) is 0 Å². The van der Waals surface area contributed by atoms with Crippen molar-refractivity contribution in [1.29, 1.82) is 0 Å². The molecule has 41 heavy (non-hydrogen) atoms. The molecule has 0 aliphatic rings. The van der Waals surface area contributed by atoms with E-state index in [9.17, 15) is 29.7 Å². The average Bonchev–Trinajstić information content (AvgIpc) is 2.95. The van der Waals surface area contributed by atoms with Gasteiger partial charge < -0.3 is 20.6 Å². The Labute approximate surface area is 251 Å². The van der Waals surface area contributed by atoms with Gasteiger partial charge in [0.15, 0.2) is 0 Å². The summed E-state index contributed by atoms with van der Waals surface area (Å²) in [6, 6.07) is -1.56. The SMILES string of the molecule is CCCCCCCCCCCCCCC(CCCCCCCCCCCCCC)(C(=O)O)[C@@H](NC(=O)CO)C(=O)O. The first-order chi connectivity index (χ1) is 19.9. The van der Waals surface area contributed by atoms with Crippen LogP contribution >= 0.6 is 0 Å². The molecule has 0 unspecified atom stereocenters. The predicted octanol–water partition coefficient (Wildman–Crippen LogP) is 8.80. The van der Waals surface area contributed by atoms with Crippen LogP contribution in [0.2, 0.25) is 0 Å². The fraction of sp³-hybridized carbons (Fsp3) is 0.912. The van der Waals surface area contributed by atoms with Crippen molar-refractivity contribution in [1.82, 2.24) is 5.32 Å². The zero-order valence-electron chi connectivity index (χ0n) is 26.7. The molecular weight excluding hydrogens is 518 g/mol. The number of aliphatic carboxylic acids is 2. The minimum absolute atomic E-state index is 0.209. The highest BCUT2D eigenvalue weighted by atomic mass is 16.4. The summed E-state index contributed by atoms with van der Waals surface area (Å²) < 4.78 is 0. The van der Waals surface area contributed by atoms with Crippen LogP contribution < -0.4 is 5.32 Å². The van der Waals surface area contributed by atoms with E-state index in [1.165, 1.54) is 103 Å². The molecule has 7 heteroatoms. The van der Waals surface area contributed by atoms with Gasteiger partial charge in [0.2, 0.25) is 5.91 Å². The summed E-state index contributed by atoms with van der Waals surface area (Å²) in [5.74, 6) is -3.38. The standard InChI is InChI=1S/C34H65NO6/c1-3-5-7-9-11-13-15-17-19-21-23-25-27-34(33(40)41,31(32(38)39)35-30(37)29-36)28-26-24-22-20-18-16-14-12-10-8-6-4-2/h31,36H,3-29H2,1-2H3,(H,35,37)(H,38,39)(H,40,41)/t31-/m0/s1. The number of unbranched alkanes of at least 4 members (excludes halogenated alkanes) is 22. The van der Waals surface area contributed by atoms with Crippen LogP contribution in [0.5, 0.6) is 0 Å². The molecule has 1 atom stereocenters. The molecule has 0 aliphatic heterocycles. The van der Waals surface area contributed by atoms with Crippen molar-refractivity contribution in [3.8, 4) is 0 Å². The highest BCUT2D eigenvalue weighted by Crippen LogP contribution is 2.37. The van der Waals surface area contributed by atoms with Gasteiger partial charge in [0.1, 0.15) is 12.6 Å². The van der Waals surface area contributed by atoms with Gasteiger partial charge in [-0.2, -0.15) is 0 Å². The van der Waals surface area contributed by atoms with Crippen molar-refractivity contribution in [3.05, 3.63) is 0 Å². The Morgan fingerprint density at radius 3 is 1.07 bits per heavy atom. The summed E-state index contributed by atoms with van der Waals surface area (Å²) >= 11 is 0. The van der Waals surface area contributed by atoms with E-state index in [-0.39, 0.29) is 12.8 Å². The van der Waals surface area contributed by atoms with E-state index in [4.69, 9.17) is 0 Å². The average molecular weight is 584 g/mol. The van der Waals surface area contributed by atoms with Crippen LogP contribution in [0, 0.1) is 5.41 Å². The van der Waals surface area contributed by atoms with Crippen LogP contribution in [-0.2, 0) is 14.4 Å². The molecule has 0 heterocycles. The lowest BCUT2D eigenvalue weighted by Gasteiger charge is -2.35. The summed E-state index contributed by atoms with van der Waals surface area (Å²) in [6.45, 7) is 3.59. The molecule has 0 aliphatic carbocycles. The first-order valence-corrected chi connectivity index (χ1v) is 17.2. The Morgan fingerprint density at radius 2 is 0.829 bits per heavy atom. The number of carboxylic acid groups (broad SMARTS) is 2. The Balaban J connectivity index is 4.69. The van der Waals surface area contributed by atoms with Gasteiger partial charge in [-0.1, -0.05) is 168 Å². The quantitative estimate of drug-likeness (QED) is 0.0605. The summed E-state index contributed by atoms with van der Waals surface area (Å²) in [4.78, 5) is 36.7. The molecule has 0 rings (SSSR count). The Bertz CT molecular complexity index is 625. The van der Waals surface area contributed by atoms with Gasteiger partial charge >= 0.3 is 11.9 Å². The molecule has 0 fully saturated rings. The maximum atomic E-state index is 12.6. The Kier molecular flexibility index (Phi) is 26.1. The number of hydrogen-bond acceptors (Lipinski definition) is 4. The van der Waals surface area contributed by atoms with E-state index in [0.29, 0.717) is 12.8 Å². The largest absolute Gasteiger partial charge is 0.481 e. The molecule has 1 amide bonds.